The Balaban J connectivity index is 1.50. The quantitative estimate of drug-likeness (QED) is 0.787. The molecule has 0 bridgehead atoms. The molecule has 2 saturated heterocycles. The van der Waals surface area contributed by atoms with Gasteiger partial charge < -0.3 is 14.5 Å². The molecule has 0 spiro atoms. The Bertz CT molecular complexity index is 654. The minimum absolute atomic E-state index is 0.0826. The van der Waals surface area contributed by atoms with E-state index in [0.717, 1.165) is 13.1 Å². The third kappa shape index (κ3) is 5.65. The first-order valence-corrected chi connectivity index (χ1v) is 9.70. The second-order valence-electron chi connectivity index (χ2n) is 7.13. The Kier molecular flexibility index (Phi) is 7.01. The molecule has 27 heavy (non-hydrogen) atoms. The first kappa shape index (κ1) is 19.6. The summed E-state index contributed by atoms with van der Waals surface area (Å²) in [5.41, 5.74) is 1.18. The summed E-state index contributed by atoms with van der Waals surface area (Å²) in [6, 6.07) is 10.3. The van der Waals surface area contributed by atoms with Gasteiger partial charge in [-0.25, -0.2) is 0 Å². The molecule has 0 aromatic heterocycles. The van der Waals surface area contributed by atoms with Gasteiger partial charge in [0.15, 0.2) is 0 Å². The van der Waals surface area contributed by atoms with Crippen LogP contribution in [-0.2, 0) is 14.3 Å². The van der Waals surface area contributed by atoms with Gasteiger partial charge in [-0.05, 0) is 5.56 Å². The topological polar surface area (TPSA) is 53.1 Å². The van der Waals surface area contributed by atoms with Crippen molar-refractivity contribution in [2.75, 3.05) is 52.5 Å². The fourth-order valence-electron chi connectivity index (χ4n) is 3.61. The maximum atomic E-state index is 12.7. The third-order valence-electron chi connectivity index (χ3n) is 5.29. The Labute approximate surface area is 161 Å². The maximum Gasteiger partial charge on any atom is 0.224 e. The maximum absolute atomic E-state index is 12.7. The predicted molar refractivity (Wildman–Crippen MR) is 105 cm³/mol. The fourth-order valence-corrected chi connectivity index (χ4v) is 3.61. The van der Waals surface area contributed by atoms with Crippen LogP contribution in [-0.4, -0.2) is 85.0 Å². The highest BCUT2D eigenvalue weighted by Crippen LogP contribution is 2.14. The SMILES string of the molecule is CC(=O)N1CCN(C(=O)CC2COCCN2CC=Cc2ccccc2)CC1. The monoisotopic (exact) mass is 371 g/mol. The average molecular weight is 371 g/mol. The molecule has 1 aromatic carbocycles. The number of piperazine rings is 1. The average Bonchev–Trinajstić information content (AvgIpc) is 2.70. The Morgan fingerprint density at radius 1 is 1.07 bits per heavy atom. The van der Waals surface area contributed by atoms with Crippen molar-refractivity contribution in [2.24, 2.45) is 0 Å². The van der Waals surface area contributed by atoms with E-state index in [4.69, 9.17) is 4.74 Å². The minimum Gasteiger partial charge on any atom is -0.378 e. The second kappa shape index (κ2) is 9.67. The van der Waals surface area contributed by atoms with Gasteiger partial charge in [-0.3, -0.25) is 14.5 Å². The van der Waals surface area contributed by atoms with E-state index in [1.165, 1.54) is 5.56 Å². The zero-order chi connectivity index (χ0) is 19.1. The molecular weight excluding hydrogens is 342 g/mol. The van der Waals surface area contributed by atoms with Crippen LogP contribution >= 0.6 is 0 Å². The Hall–Kier alpha value is -2.18. The van der Waals surface area contributed by atoms with E-state index in [1.807, 2.05) is 23.1 Å². The molecule has 2 amide bonds. The van der Waals surface area contributed by atoms with Gasteiger partial charge in [0.05, 0.1) is 13.2 Å². The Morgan fingerprint density at radius 3 is 2.48 bits per heavy atom. The highest BCUT2D eigenvalue weighted by molar-refractivity contribution is 5.78. The van der Waals surface area contributed by atoms with Crippen LogP contribution in [0.3, 0.4) is 0 Å². The van der Waals surface area contributed by atoms with E-state index < -0.39 is 0 Å². The summed E-state index contributed by atoms with van der Waals surface area (Å²) in [5, 5.41) is 0. The molecular formula is C21H29N3O3. The molecule has 1 unspecified atom stereocenters. The van der Waals surface area contributed by atoms with Crippen LogP contribution in [0.4, 0.5) is 0 Å². The lowest BCUT2D eigenvalue weighted by molar-refractivity contribution is -0.140. The number of carbonyl (C=O) groups excluding carboxylic acids is 2. The van der Waals surface area contributed by atoms with Crippen molar-refractivity contribution in [3.8, 4) is 0 Å². The molecule has 2 aliphatic rings. The lowest BCUT2D eigenvalue weighted by Gasteiger charge is -2.38. The summed E-state index contributed by atoms with van der Waals surface area (Å²) in [5.74, 6) is 0.241. The van der Waals surface area contributed by atoms with E-state index in [2.05, 4.69) is 29.2 Å². The molecule has 2 aliphatic heterocycles. The highest BCUT2D eigenvalue weighted by atomic mass is 16.5. The van der Waals surface area contributed by atoms with Gasteiger partial charge in [0, 0.05) is 58.7 Å². The second-order valence-corrected chi connectivity index (χ2v) is 7.13. The molecule has 146 valence electrons. The van der Waals surface area contributed by atoms with Crippen molar-refractivity contribution < 1.29 is 14.3 Å². The summed E-state index contributed by atoms with van der Waals surface area (Å²) in [4.78, 5) is 30.1. The van der Waals surface area contributed by atoms with Crippen LogP contribution in [0.2, 0.25) is 0 Å². The van der Waals surface area contributed by atoms with Gasteiger partial charge >= 0.3 is 0 Å². The van der Waals surface area contributed by atoms with Gasteiger partial charge in [-0.2, -0.15) is 0 Å². The van der Waals surface area contributed by atoms with Gasteiger partial charge in [0.2, 0.25) is 11.8 Å². The smallest absolute Gasteiger partial charge is 0.224 e. The molecule has 6 heteroatoms. The number of rotatable bonds is 5. The van der Waals surface area contributed by atoms with Crippen LogP contribution in [0.1, 0.15) is 18.9 Å². The summed E-state index contributed by atoms with van der Waals surface area (Å²) < 4.78 is 5.62. The molecule has 3 rings (SSSR count). The van der Waals surface area contributed by atoms with Crippen molar-refractivity contribution in [1.29, 1.82) is 0 Å². The predicted octanol–water partition coefficient (Wildman–Crippen LogP) is 1.48. The summed E-state index contributed by atoms with van der Waals surface area (Å²) >= 11 is 0. The lowest BCUT2D eigenvalue weighted by Crippen LogP contribution is -2.52. The lowest BCUT2D eigenvalue weighted by atomic mass is 10.1. The van der Waals surface area contributed by atoms with E-state index in [-0.39, 0.29) is 17.9 Å². The van der Waals surface area contributed by atoms with Crippen molar-refractivity contribution in [1.82, 2.24) is 14.7 Å². The van der Waals surface area contributed by atoms with Gasteiger partial charge in [-0.15, -0.1) is 0 Å². The summed E-state index contributed by atoms with van der Waals surface area (Å²) in [6.45, 7) is 7.05. The summed E-state index contributed by atoms with van der Waals surface area (Å²) in [6.07, 6.45) is 4.75. The van der Waals surface area contributed by atoms with E-state index >= 15 is 0 Å². The van der Waals surface area contributed by atoms with Gasteiger partial charge in [0.25, 0.3) is 0 Å². The molecule has 2 fully saturated rings. The molecule has 0 radical (unpaired) electrons. The number of hydrogen-bond donors (Lipinski definition) is 0. The van der Waals surface area contributed by atoms with Crippen LogP contribution in [0.25, 0.3) is 6.08 Å². The number of ether oxygens (including phenoxy) is 1. The van der Waals surface area contributed by atoms with Gasteiger partial charge in [-0.1, -0.05) is 42.5 Å². The van der Waals surface area contributed by atoms with Crippen molar-refractivity contribution in [2.45, 2.75) is 19.4 Å². The number of hydrogen-bond acceptors (Lipinski definition) is 4. The third-order valence-corrected chi connectivity index (χ3v) is 5.29. The molecule has 0 aliphatic carbocycles. The first-order chi connectivity index (χ1) is 13.1. The molecule has 0 N–H and O–H groups in total. The zero-order valence-corrected chi connectivity index (χ0v) is 16.0. The van der Waals surface area contributed by atoms with E-state index in [0.29, 0.717) is 45.8 Å². The minimum atomic E-state index is 0.0826. The zero-order valence-electron chi connectivity index (χ0n) is 16.0. The fraction of sp³-hybridized carbons (Fsp3) is 0.524. The van der Waals surface area contributed by atoms with Crippen LogP contribution in [0, 0.1) is 0 Å². The largest absolute Gasteiger partial charge is 0.378 e. The van der Waals surface area contributed by atoms with Crippen molar-refractivity contribution in [3.05, 3.63) is 42.0 Å². The molecule has 1 aromatic rings. The molecule has 2 heterocycles. The number of morpholine rings is 1. The molecule has 6 nitrogen and oxygen atoms in total. The Morgan fingerprint density at radius 2 is 1.78 bits per heavy atom. The standard InChI is InChI=1S/C21H29N3O3/c1-18(25)22-10-12-24(13-11-22)21(26)16-20-17-27-15-14-23(20)9-5-8-19-6-3-2-4-7-19/h2-8,20H,9-17H2,1H3. The summed E-state index contributed by atoms with van der Waals surface area (Å²) in [7, 11) is 0. The molecule has 0 saturated carbocycles. The highest BCUT2D eigenvalue weighted by Gasteiger charge is 2.28. The van der Waals surface area contributed by atoms with Crippen LogP contribution in [0.5, 0.6) is 0 Å². The van der Waals surface area contributed by atoms with Gasteiger partial charge in [0.1, 0.15) is 0 Å². The van der Waals surface area contributed by atoms with E-state index in [9.17, 15) is 9.59 Å². The molecule has 1 atom stereocenters. The van der Waals surface area contributed by atoms with Crippen LogP contribution in [0.15, 0.2) is 36.4 Å². The number of carbonyl (C=O) groups is 2. The van der Waals surface area contributed by atoms with Crippen molar-refractivity contribution >= 4 is 17.9 Å². The van der Waals surface area contributed by atoms with E-state index in [1.54, 1.807) is 11.8 Å². The number of amides is 2. The van der Waals surface area contributed by atoms with Crippen molar-refractivity contribution in [3.63, 3.8) is 0 Å². The first-order valence-electron chi connectivity index (χ1n) is 9.70. The normalized spacial score (nSPS) is 21.6. The number of benzene rings is 1. The van der Waals surface area contributed by atoms with Crippen LogP contribution < -0.4 is 0 Å². The number of nitrogens with zero attached hydrogens (tertiary/aromatic N) is 3.